The number of likely N-dealkylation sites (tertiary alicyclic amines) is 1. The maximum absolute atomic E-state index is 12.6. The Hall–Kier alpha value is -2.50. The Bertz CT molecular complexity index is 789. The summed E-state index contributed by atoms with van der Waals surface area (Å²) in [6, 6.07) is 7.60. The third kappa shape index (κ3) is 1.73. The Morgan fingerprint density at radius 2 is 1.95 bits per heavy atom. The maximum Gasteiger partial charge on any atom is 0.410 e. The van der Waals surface area contributed by atoms with E-state index in [1.807, 2.05) is 31.2 Å². The highest BCUT2D eigenvalue weighted by atomic mass is 16.6. The molecule has 2 aromatic rings. The Kier molecular flexibility index (Phi) is 2.55. The summed E-state index contributed by atoms with van der Waals surface area (Å²) in [5.74, 6) is 0.221. The molecule has 0 radical (unpaired) electrons. The van der Waals surface area contributed by atoms with Gasteiger partial charge in [-0.2, -0.15) is 0 Å². The predicted molar refractivity (Wildman–Crippen MR) is 78.7 cm³/mol. The van der Waals surface area contributed by atoms with Gasteiger partial charge in [-0.1, -0.05) is 18.2 Å². The first-order valence-electron chi connectivity index (χ1n) is 7.21. The van der Waals surface area contributed by atoms with E-state index in [4.69, 9.17) is 9.15 Å². The fourth-order valence-corrected chi connectivity index (χ4v) is 3.27. The number of fused-ring (bicyclic) bond motifs is 1. The molecule has 4 rings (SSSR count). The highest BCUT2D eigenvalue weighted by Gasteiger charge is 2.54. The first-order valence-corrected chi connectivity index (χ1v) is 7.21. The van der Waals surface area contributed by atoms with Gasteiger partial charge in [-0.3, -0.25) is 4.79 Å². The van der Waals surface area contributed by atoms with Crippen LogP contribution >= 0.6 is 0 Å². The fourth-order valence-electron chi connectivity index (χ4n) is 3.27. The first-order chi connectivity index (χ1) is 10.5. The molecule has 1 aromatic heterocycles. The Morgan fingerprint density at radius 1 is 1.23 bits per heavy atom. The fraction of sp³-hybridized carbons (Fsp3) is 0.375. The van der Waals surface area contributed by atoms with Gasteiger partial charge in [0.2, 0.25) is 0 Å². The zero-order valence-electron chi connectivity index (χ0n) is 12.5. The predicted octanol–water partition coefficient (Wildman–Crippen LogP) is 2.02. The van der Waals surface area contributed by atoms with Crippen LogP contribution in [0.25, 0.3) is 11.0 Å². The van der Waals surface area contributed by atoms with Crippen molar-refractivity contribution in [2.75, 3.05) is 26.7 Å². The molecule has 1 aromatic carbocycles. The third-order valence-corrected chi connectivity index (χ3v) is 4.42. The molecule has 6 nitrogen and oxygen atoms in total. The molecule has 0 bridgehead atoms. The number of amides is 2. The molecule has 3 heterocycles. The van der Waals surface area contributed by atoms with Gasteiger partial charge in [-0.15, -0.1) is 0 Å². The van der Waals surface area contributed by atoms with Gasteiger partial charge in [0, 0.05) is 18.0 Å². The molecule has 114 valence electrons. The van der Waals surface area contributed by atoms with E-state index >= 15 is 0 Å². The second-order valence-electron chi connectivity index (χ2n) is 6.12. The Labute approximate surface area is 127 Å². The lowest BCUT2D eigenvalue weighted by Gasteiger charge is -2.45. The van der Waals surface area contributed by atoms with Gasteiger partial charge < -0.3 is 19.0 Å². The molecule has 2 fully saturated rings. The molecular formula is C16H16N2O4. The van der Waals surface area contributed by atoms with Crippen LogP contribution in [-0.2, 0) is 4.74 Å². The van der Waals surface area contributed by atoms with Crippen molar-refractivity contribution in [2.24, 2.45) is 0 Å². The minimum atomic E-state index is -0.540. The number of carbonyl (C=O) groups is 2. The van der Waals surface area contributed by atoms with E-state index in [0.29, 0.717) is 31.0 Å². The minimum Gasteiger partial charge on any atom is -0.451 e. The first kappa shape index (κ1) is 13.2. The van der Waals surface area contributed by atoms with Crippen molar-refractivity contribution in [3.63, 3.8) is 0 Å². The summed E-state index contributed by atoms with van der Waals surface area (Å²) in [6.07, 6.45) is -0.327. The summed E-state index contributed by atoms with van der Waals surface area (Å²) in [7, 11) is 1.70. The smallest absolute Gasteiger partial charge is 0.410 e. The van der Waals surface area contributed by atoms with E-state index < -0.39 is 5.60 Å². The van der Waals surface area contributed by atoms with Crippen molar-refractivity contribution in [3.05, 3.63) is 35.6 Å². The summed E-state index contributed by atoms with van der Waals surface area (Å²) in [5, 5.41) is 0.952. The van der Waals surface area contributed by atoms with E-state index in [1.54, 1.807) is 11.9 Å². The quantitative estimate of drug-likeness (QED) is 0.808. The SMILES string of the molecule is Cc1c(C(=O)N2CC3(CN(C)C(=O)O3)C2)oc2ccccc12. The topological polar surface area (TPSA) is 63.0 Å². The molecule has 6 heteroatoms. The number of hydrogen-bond donors (Lipinski definition) is 0. The van der Waals surface area contributed by atoms with Crippen molar-refractivity contribution in [1.82, 2.24) is 9.80 Å². The summed E-state index contributed by atoms with van der Waals surface area (Å²) >= 11 is 0. The number of nitrogens with zero attached hydrogens (tertiary/aromatic N) is 2. The number of aryl methyl sites for hydroxylation is 1. The van der Waals surface area contributed by atoms with E-state index in [9.17, 15) is 9.59 Å². The van der Waals surface area contributed by atoms with Crippen LogP contribution in [0.1, 0.15) is 16.1 Å². The monoisotopic (exact) mass is 300 g/mol. The van der Waals surface area contributed by atoms with Crippen LogP contribution in [0.3, 0.4) is 0 Å². The number of likely N-dealkylation sites (N-methyl/N-ethyl adjacent to an activating group) is 1. The molecule has 2 aliphatic rings. The van der Waals surface area contributed by atoms with E-state index in [1.165, 1.54) is 4.90 Å². The standard InChI is InChI=1S/C16H16N2O4/c1-10-11-5-3-4-6-12(11)21-13(10)14(19)18-8-16(9-18)7-17(2)15(20)22-16/h3-6H,7-9H2,1-2H3. The highest BCUT2D eigenvalue weighted by Crippen LogP contribution is 2.34. The zero-order chi connectivity index (χ0) is 15.5. The largest absolute Gasteiger partial charge is 0.451 e. The van der Waals surface area contributed by atoms with Crippen molar-refractivity contribution < 1.29 is 18.7 Å². The molecule has 0 N–H and O–H groups in total. The number of hydrogen-bond acceptors (Lipinski definition) is 4. The number of benzene rings is 1. The lowest BCUT2D eigenvalue weighted by atomic mass is 9.93. The molecule has 22 heavy (non-hydrogen) atoms. The van der Waals surface area contributed by atoms with Crippen molar-refractivity contribution in [1.29, 1.82) is 0 Å². The summed E-state index contributed by atoms with van der Waals surface area (Å²) in [6.45, 7) is 3.24. The molecule has 1 spiro atoms. The molecular weight excluding hydrogens is 284 g/mol. The number of ether oxygens (including phenoxy) is 1. The molecule has 0 unspecified atom stereocenters. The van der Waals surface area contributed by atoms with Gasteiger partial charge in [0.15, 0.2) is 11.4 Å². The number of para-hydroxylation sites is 1. The van der Waals surface area contributed by atoms with Crippen LogP contribution in [0, 0.1) is 6.92 Å². The molecule has 2 amide bonds. The van der Waals surface area contributed by atoms with Crippen molar-refractivity contribution >= 4 is 23.0 Å². The van der Waals surface area contributed by atoms with Gasteiger partial charge in [0.1, 0.15) is 5.58 Å². The second kappa shape index (κ2) is 4.25. The highest BCUT2D eigenvalue weighted by molar-refractivity contribution is 5.99. The van der Waals surface area contributed by atoms with E-state index in [0.717, 1.165) is 10.9 Å². The van der Waals surface area contributed by atoms with Crippen molar-refractivity contribution in [3.8, 4) is 0 Å². The molecule has 2 aliphatic heterocycles. The molecule has 0 atom stereocenters. The summed E-state index contributed by atoms with van der Waals surface area (Å²) in [5.41, 5.74) is 1.02. The van der Waals surface area contributed by atoms with Crippen LogP contribution in [0.5, 0.6) is 0 Å². The van der Waals surface area contributed by atoms with E-state index in [2.05, 4.69) is 0 Å². The van der Waals surface area contributed by atoms with Gasteiger partial charge in [-0.05, 0) is 13.0 Å². The molecule has 0 saturated carbocycles. The number of furan rings is 1. The average molecular weight is 300 g/mol. The average Bonchev–Trinajstić information content (AvgIpc) is 2.96. The van der Waals surface area contributed by atoms with Gasteiger partial charge in [0.25, 0.3) is 5.91 Å². The van der Waals surface area contributed by atoms with Gasteiger partial charge in [-0.25, -0.2) is 4.79 Å². The Morgan fingerprint density at radius 3 is 2.59 bits per heavy atom. The van der Waals surface area contributed by atoms with Gasteiger partial charge in [0.05, 0.1) is 19.6 Å². The Balaban J connectivity index is 1.56. The van der Waals surface area contributed by atoms with Crippen LogP contribution in [-0.4, -0.2) is 54.1 Å². The number of rotatable bonds is 1. The molecule has 2 saturated heterocycles. The van der Waals surface area contributed by atoms with Crippen LogP contribution in [0.4, 0.5) is 4.79 Å². The summed E-state index contributed by atoms with van der Waals surface area (Å²) in [4.78, 5) is 27.3. The lowest BCUT2D eigenvalue weighted by molar-refractivity contribution is -0.0590. The second-order valence-corrected chi connectivity index (χ2v) is 6.12. The van der Waals surface area contributed by atoms with Crippen LogP contribution in [0.15, 0.2) is 28.7 Å². The zero-order valence-corrected chi connectivity index (χ0v) is 12.5. The number of carbonyl (C=O) groups excluding carboxylic acids is 2. The van der Waals surface area contributed by atoms with Crippen LogP contribution < -0.4 is 0 Å². The maximum atomic E-state index is 12.6. The van der Waals surface area contributed by atoms with Crippen LogP contribution in [0.2, 0.25) is 0 Å². The summed E-state index contributed by atoms with van der Waals surface area (Å²) < 4.78 is 11.1. The van der Waals surface area contributed by atoms with Crippen molar-refractivity contribution in [2.45, 2.75) is 12.5 Å². The normalized spacial score (nSPS) is 19.6. The third-order valence-electron chi connectivity index (χ3n) is 4.42. The minimum absolute atomic E-state index is 0.148. The molecule has 0 aliphatic carbocycles. The van der Waals surface area contributed by atoms with E-state index in [-0.39, 0.29) is 12.0 Å². The lowest BCUT2D eigenvalue weighted by Crippen LogP contribution is -2.65. The van der Waals surface area contributed by atoms with Gasteiger partial charge >= 0.3 is 6.09 Å².